The summed E-state index contributed by atoms with van der Waals surface area (Å²) in [4.78, 5) is 4.55. The molecule has 2 aromatic rings. The summed E-state index contributed by atoms with van der Waals surface area (Å²) in [6.45, 7) is 12.3. The van der Waals surface area contributed by atoms with Gasteiger partial charge in [0.2, 0.25) is 0 Å². The van der Waals surface area contributed by atoms with E-state index in [4.69, 9.17) is 9.83 Å². The van der Waals surface area contributed by atoms with E-state index in [1.807, 2.05) is 30.4 Å². The van der Waals surface area contributed by atoms with Crippen molar-refractivity contribution in [3.05, 3.63) is 60.9 Å². The van der Waals surface area contributed by atoms with E-state index in [-0.39, 0.29) is 0 Å². The van der Waals surface area contributed by atoms with Gasteiger partial charge in [-0.1, -0.05) is 30.4 Å². The molecule has 1 aliphatic heterocycles. The molecule has 1 fully saturated rings. The van der Waals surface area contributed by atoms with E-state index in [1.165, 1.54) is 0 Å². The van der Waals surface area contributed by atoms with Crippen molar-refractivity contribution in [1.82, 2.24) is 9.80 Å². The molecule has 0 unspecified atom stereocenters. The summed E-state index contributed by atoms with van der Waals surface area (Å²) >= 11 is 0. The van der Waals surface area contributed by atoms with Crippen LogP contribution >= 0.6 is 0 Å². The molecule has 4 nitrogen and oxygen atoms in total. The van der Waals surface area contributed by atoms with Gasteiger partial charge < -0.3 is 9.32 Å². The number of nitrogens with zero attached hydrogens (tertiary/aromatic N) is 2. The highest BCUT2D eigenvalue weighted by atomic mass is 16.3. The van der Waals surface area contributed by atoms with Crippen LogP contribution in [-0.4, -0.2) is 48.4 Å². The van der Waals surface area contributed by atoms with E-state index in [9.17, 15) is 0 Å². The normalized spacial score (nSPS) is 15.6. The number of allylic oxidation sites excluding steroid dienone is 1. The molecule has 126 valence electrons. The molecule has 0 aliphatic carbocycles. The van der Waals surface area contributed by atoms with Gasteiger partial charge in [0.25, 0.3) is 0 Å². The highest BCUT2D eigenvalue weighted by Crippen LogP contribution is 2.27. The minimum atomic E-state index is 0.613. The van der Waals surface area contributed by atoms with Crippen LogP contribution < -0.4 is 0 Å². The van der Waals surface area contributed by atoms with Gasteiger partial charge in [0.05, 0.1) is 0 Å². The van der Waals surface area contributed by atoms with Gasteiger partial charge in [-0.3, -0.25) is 10.3 Å². The minimum absolute atomic E-state index is 0.613. The summed E-state index contributed by atoms with van der Waals surface area (Å²) in [5, 5.41) is 9.67. The molecule has 24 heavy (non-hydrogen) atoms. The first-order chi connectivity index (χ1) is 11.7. The Kier molecular flexibility index (Phi) is 5.16. The number of nitrogens with one attached hydrogen (secondary N) is 1. The lowest BCUT2D eigenvalue weighted by Crippen LogP contribution is -2.48. The number of furan rings is 1. The third kappa shape index (κ3) is 3.44. The van der Waals surface area contributed by atoms with Gasteiger partial charge in [-0.05, 0) is 6.07 Å². The highest BCUT2D eigenvalue weighted by Gasteiger charge is 2.21. The molecule has 1 saturated heterocycles. The Bertz CT molecular complexity index is 738. The Morgan fingerprint density at radius 3 is 2.58 bits per heavy atom. The molecule has 0 bridgehead atoms. The second kappa shape index (κ2) is 7.49. The first kappa shape index (κ1) is 16.5. The predicted molar refractivity (Wildman–Crippen MR) is 99.8 cm³/mol. The van der Waals surface area contributed by atoms with Crippen LogP contribution in [-0.2, 0) is 12.8 Å². The minimum Gasteiger partial charge on any atom is -0.460 e. The van der Waals surface area contributed by atoms with Crippen molar-refractivity contribution in [2.75, 3.05) is 32.7 Å². The van der Waals surface area contributed by atoms with E-state index >= 15 is 0 Å². The maximum Gasteiger partial charge on any atom is 0.134 e. The monoisotopic (exact) mass is 323 g/mol. The molecule has 0 atom stereocenters. The fourth-order valence-electron chi connectivity index (χ4n) is 3.30. The molecule has 0 amide bonds. The Balaban J connectivity index is 1.74. The molecule has 4 heteroatoms. The smallest absolute Gasteiger partial charge is 0.134 e. The third-order valence-corrected chi connectivity index (χ3v) is 4.60. The number of amidine groups is 1. The fraction of sp³-hybridized carbons (Fsp3) is 0.350. The molecule has 1 aromatic heterocycles. The molecule has 1 aromatic carbocycles. The average molecular weight is 323 g/mol. The summed E-state index contributed by atoms with van der Waals surface area (Å²) in [5.74, 6) is 1.60. The van der Waals surface area contributed by atoms with Crippen LogP contribution in [0.3, 0.4) is 0 Å². The number of hydrogen-bond donors (Lipinski definition) is 1. The van der Waals surface area contributed by atoms with Crippen molar-refractivity contribution in [3.8, 4) is 0 Å². The van der Waals surface area contributed by atoms with E-state index < -0.39 is 0 Å². The Labute approximate surface area is 143 Å². The molecule has 1 N–H and O–H groups in total. The van der Waals surface area contributed by atoms with Gasteiger partial charge in [-0.15, -0.1) is 13.2 Å². The summed E-state index contributed by atoms with van der Waals surface area (Å²) in [6, 6.07) is 8.08. The van der Waals surface area contributed by atoms with Crippen molar-refractivity contribution in [3.63, 3.8) is 0 Å². The lowest BCUT2D eigenvalue weighted by Gasteiger charge is -2.35. The second-order valence-corrected chi connectivity index (χ2v) is 6.19. The summed E-state index contributed by atoms with van der Waals surface area (Å²) in [5.41, 5.74) is 2.02. The molecule has 0 radical (unpaired) electrons. The number of rotatable bonds is 6. The van der Waals surface area contributed by atoms with Crippen molar-refractivity contribution in [2.45, 2.75) is 12.8 Å². The van der Waals surface area contributed by atoms with Crippen LogP contribution in [0.2, 0.25) is 0 Å². The lowest BCUT2D eigenvalue weighted by atomic mass is 10.0. The van der Waals surface area contributed by atoms with Crippen LogP contribution in [0.15, 0.2) is 54.0 Å². The maximum absolute atomic E-state index is 8.55. The lowest BCUT2D eigenvalue weighted by molar-refractivity contribution is 0.195. The van der Waals surface area contributed by atoms with Crippen LogP contribution in [0.1, 0.15) is 11.3 Å². The van der Waals surface area contributed by atoms with Crippen LogP contribution in [0, 0.1) is 5.41 Å². The predicted octanol–water partition coefficient (Wildman–Crippen LogP) is 3.48. The van der Waals surface area contributed by atoms with Gasteiger partial charge in [-0.2, -0.15) is 0 Å². The SMILES string of the molecule is C=CCc1oc2ccccc2c1CC(=N)N1CCN(CC=C)CC1. The number of fused-ring (bicyclic) bond motifs is 1. The van der Waals surface area contributed by atoms with Gasteiger partial charge >= 0.3 is 0 Å². The van der Waals surface area contributed by atoms with E-state index in [0.717, 1.165) is 55.0 Å². The van der Waals surface area contributed by atoms with Crippen LogP contribution in [0.5, 0.6) is 0 Å². The zero-order valence-corrected chi connectivity index (χ0v) is 14.1. The van der Waals surface area contributed by atoms with Gasteiger partial charge in [-0.25, -0.2) is 0 Å². The Hall–Kier alpha value is -2.33. The highest BCUT2D eigenvalue weighted by molar-refractivity contribution is 5.90. The molecule has 1 aliphatic rings. The van der Waals surface area contributed by atoms with E-state index in [2.05, 4.69) is 29.0 Å². The first-order valence-electron chi connectivity index (χ1n) is 8.48. The topological polar surface area (TPSA) is 43.5 Å². The zero-order chi connectivity index (χ0) is 16.9. The second-order valence-electron chi connectivity index (χ2n) is 6.19. The third-order valence-electron chi connectivity index (χ3n) is 4.60. The number of benzene rings is 1. The maximum atomic E-state index is 8.55. The van der Waals surface area contributed by atoms with Gasteiger partial charge in [0.15, 0.2) is 0 Å². The Morgan fingerprint density at radius 1 is 1.12 bits per heavy atom. The van der Waals surface area contributed by atoms with Crippen LogP contribution in [0.25, 0.3) is 11.0 Å². The zero-order valence-electron chi connectivity index (χ0n) is 14.1. The van der Waals surface area contributed by atoms with Gasteiger partial charge in [0, 0.05) is 56.5 Å². The van der Waals surface area contributed by atoms with Gasteiger partial charge in [0.1, 0.15) is 17.2 Å². The summed E-state index contributed by atoms with van der Waals surface area (Å²) < 4.78 is 5.97. The molecule has 3 rings (SSSR count). The largest absolute Gasteiger partial charge is 0.460 e. The number of para-hydroxylation sites is 1. The van der Waals surface area contributed by atoms with Crippen molar-refractivity contribution >= 4 is 16.8 Å². The number of piperazine rings is 1. The fourth-order valence-corrected chi connectivity index (χ4v) is 3.30. The van der Waals surface area contributed by atoms with Crippen LogP contribution in [0.4, 0.5) is 0 Å². The summed E-state index contributed by atoms with van der Waals surface area (Å²) in [7, 11) is 0. The van der Waals surface area contributed by atoms with E-state index in [0.29, 0.717) is 18.7 Å². The summed E-state index contributed by atoms with van der Waals surface area (Å²) in [6.07, 6.45) is 5.12. The molecular formula is C20H25N3O. The van der Waals surface area contributed by atoms with Crippen molar-refractivity contribution in [2.24, 2.45) is 0 Å². The molecule has 0 spiro atoms. The molecule has 0 saturated carbocycles. The standard InChI is InChI=1S/C20H25N3O/c1-3-7-18-17(16-8-5-6-9-19(16)24-18)15-20(21)23-13-11-22(10-4-2)12-14-23/h3-6,8-9,21H,1-2,7,10-15H2. The van der Waals surface area contributed by atoms with E-state index in [1.54, 1.807) is 0 Å². The molecule has 2 heterocycles. The molecular weight excluding hydrogens is 298 g/mol. The Morgan fingerprint density at radius 2 is 1.88 bits per heavy atom. The number of hydrogen-bond acceptors (Lipinski definition) is 3. The van der Waals surface area contributed by atoms with Crippen molar-refractivity contribution < 1.29 is 4.42 Å². The quantitative estimate of drug-likeness (QED) is 0.503. The van der Waals surface area contributed by atoms with Crippen molar-refractivity contribution in [1.29, 1.82) is 5.41 Å². The average Bonchev–Trinajstić information content (AvgIpc) is 2.94. The first-order valence-corrected chi connectivity index (χ1v) is 8.48.